The third-order valence-electron chi connectivity index (χ3n) is 6.28. The van der Waals surface area contributed by atoms with Gasteiger partial charge in [-0.2, -0.15) is 0 Å². The molecule has 1 saturated carbocycles. The lowest BCUT2D eigenvalue weighted by atomic mass is 9.92. The number of rotatable bonds is 6. The van der Waals surface area contributed by atoms with Crippen LogP contribution in [0, 0.1) is 12.7 Å². The molecule has 10 heteroatoms. The summed E-state index contributed by atoms with van der Waals surface area (Å²) in [5.74, 6) is 0.103. The van der Waals surface area contributed by atoms with Crippen LogP contribution in [0.4, 0.5) is 15.9 Å². The number of nitrogens with zero attached hydrogens (tertiary/aromatic N) is 3. The number of carbonyl (C=O) groups excluding carboxylic acids is 2. The zero-order valence-electron chi connectivity index (χ0n) is 19.6. The number of esters is 1. The van der Waals surface area contributed by atoms with Crippen LogP contribution in [0.5, 0.6) is 5.75 Å². The quantitative estimate of drug-likeness (QED) is 0.499. The van der Waals surface area contributed by atoms with E-state index in [1.807, 2.05) is 14.0 Å². The standard InChI is InChI=1S/C24H27FN4O4S/c1-13-20-22(26-12-27-23(20)34-21(13)24(31)32-4)28-18-10-5-15(25)11-19(18)33-17-8-6-16(7-9-17)29(3)14(2)30/h5,10-12,16-17H,6-9H2,1-4H3,(H,26,27,28). The van der Waals surface area contributed by atoms with Gasteiger partial charge in [0, 0.05) is 26.1 Å². The van der Waals surface area contributed by atoms with Crippen molar-refractivity contribution in [3.8, 4) is 5.75 Å². The topological polar surface area (TPSA) is 93.7 Å². The number of hydrogen-bond donors (Lipinski definition) is 1. The molecule has 1 fully saturated rings. The van der Waals surface area contributed by atoms with Crippen molar-refractivity contribution in [3.63, 3.8) is 0 Å². The highest BCUT2D eigenvalue weighted by Gasteiger charge is 2.27. The Morgan fingerprint density at radius 1 is 1.21 bits per heavy atom. The summed E-state index contributed by atoms with van der Waals surface area (Å²) in [5, 5.41) is 3.95. The Hall–Kier alpha value is -3.27. The predicted octanol–water partition coefficient (Wildman–Crippen LogP) is 4.84. The van der Waals surface area contributed by atoms with E-state index in [4.69, 9.17) is 9.47 Å². The Labute approximate surface area is 201 Å². The summed E-state index contributed by atoms with van der Waals surface area (Å²) in [6.45, 7) is 3.39. The van der Waals surface area contributed by atoms with Gasteiger partial charge in [-0.1, -0.05) is 0 Å². The number of fused-ring (bicyclic) bond motifs is 1. The number of hydrogen-bond acceptors (Lipinski definition) is 8. The largest absolute Gasteiger partial charge is 0.488 e. The smallest absolute Gasteiger partial charge is 0.348 e. The number of anilines is 2. The van der Waals surface area contributed by atoms with E-state index in [0.717, 1.165) is 25.7 Å². The maximum atomic E-state index is 14.1. The Balaban J connectivity index is 1.57. The van der Waals surface area contributed by atoms with Gasteiger partial charge in [0.05, 0.1) is 24.3 Å². The van der Waals surface area contributed by atoms with E-state index < -0.39 is 11.8 Å². The molecule has 4 rings (SSSR count). The third-order valence-corrected chi connectivity index (χ3v) is 7.46. The van der Waals surface area contributed by atoms with Gasteiger partial charge in [-0.3, -0.25) is 4.79 Å². The number of halogens is 1. The summed E-state index contributed by atoms with van der Waals surface area (Å²) < 4.78 is 25.2. The molecule has 1 aromatic carbocycles. The second-order valence-electron chi connectivity index (χ2n) is 8.39. The first kappa shape index (κ1) is 23.9. The molecule has 1 aliphatic carbocycles. The Kier molecular flexibility index (Phi) is 6.97. The molecule has 0 bridgehead atoms. The Bertz CT molecular complexity index is 1220. The summed E-state index contributed by atoms with van der Waals surface area (Å²) >= 11 is 1.24. The molecular weight excluding hydrogens is 459 g/mol. The highest BCUT2D eigenvalue weighted by molar-refractivity contribution is 7.20. The van der Waals surface area contributed by atoms with Crippen LogP contribution in [0.15, 0.2) is 24.5 Å². The van der Waals surface area contributed by atoms with Crippen molar-refractivity contribution in [2.45, 2.75) is 51.7 Å². The van der Waals surface area contributed by atoms with Crippen LogP contribution in [-0.2, 0) is 9.53 Å². The van der Waals surface area contributed by atoms with Gasteiger partial charge in [0.2, 0.25) is 5.91 Å². The van der Waals surface area contributed by atoms with Crippen molar-refractivity contribution in [2.75, 3.05) is 19.5 Å². The molecule has 2 aromatic heterocycles. The third kappa shape index (κ3) is 4.82. The monoisotopic (exact) mass is 486 g/mol. The van der Waals surface area contributed by atoms with E-state index in [-0.39, 0.29) is 18.1 Å². The molecule has 2 heterocycles. The first-order valence-electron chi connectivity index (χ1n) is 11.1. The van der Waals surface area contributed by atoms with Gasteiger partial charge >= 0.3 is 5.97 Å². The molecule has 1 amide bonds. The maximum absolute atomic E-state index is 14.1. The molecule has 180 valence electrons. The van der Waals surface area contributed by atoms with Crippen LogP contribution >= 0.6 is 11.3 Å². The number of aryl methyl sites for hydroxylation is 1. The number of amides is 1. The lowest BCUT2D eigenvalue weighted by Crippen LogP contribution is -2.40. The highest BCUT2D eigenvalue weighted by Crippen LogP contribution is 2.37. The number of aromatic nitrogens is 2. The Morgan fingerprint density at radius 3 is 2.62 bits per heavy atom. The normalized spacial score (nSPS) is 17.9. The van der Waals surface area contributed by atoms with Crippen molar-refractivity contribution >= 4 is 44.9 Å². The molecular formula is C24H27FN4O4S. The number of thiophene rings is 1. The second-order valence-corrected chi connectivity index (χ2v) is 9.39. The van der Waals surface area contributed by atoms with Gasteiger partial charge in [-0.05, 0) is 50.3 Å². The first-order valence-corrected chi connectivity index (χ1v) is 11.9. The fraction of sp³-hybridized carbons (Fsp3) is 0.417. The fourth-order valence-electron chi connectivity index (χ4n) is 4.27. The van der Waals surface area contributed by atoms with E-state index in [9.17, 15) is 14.0 Å². The zero-order valence-corrected chi connectivity index (χ0v) is 20.4. The van der Waals surface area contributed by atoms with Gasteiger partial charge in [0.15, 0.2) is 0 Å². The average Bonchev–Trinajstić information content (AvgIpc) is 3.17. The molecule has 0 unspecified atom stereocenters. The lowest BCUT2D eigenvalue weighted by molar-refractivity contribution is -0.130. The molecule has 34 heavy (non-hydrogen) atoms. The first-order chi connectivity index (χ1) is 16.3. The minimum Gasteiger partial charge on any atom is -0.488 e. The number of benzene rings is 1. The molecule has 0 saturated heterocycles. The molecule has 8 nitrogen and oxygen atoms in total. The molecule has 1 aliphatic rings. The average molecular weight is 487 g/mol. The van der Waals surface area contributed by atoms with E-state index in [2.05, 4.69) is 15.3 Å². The summed E-state index contributed by atoms with van der Waals surface area (Å²) in [4.78, 5) is 35.3. The van der Waals surface area contributed by atoms with E-state index in [1.54, 1.807) is 17.9 Å². The summed E-state index contributed by atoms with van der Waals surface area (Å²) in [6, 6.07) is 4.51. The number of nitrogens with one attached hydrogen (secondary N) is 1. The summed E-state index contributed by atoms with van der Waals surface area (Å²) in [6.07, 6.45) is 4.52. The highest BCUT2D eigenvalue weighted by atomic mass is 32.1. The van der Waals surface area contributed by atoms with E-state index in [0.29, 0.717) is 37.9 Å². The Morgan fingerprint density at radius 2 is 1.94 bits per heavy atom. The van der Waals surface area contributed by atoms with Gasteiger partial charge in [0.1, 0.15) is 33.4 Å². The predicted molar refractivity (Wildman–Crippen MR) is 128 cm³/mol. The van der Waals surface area contributed by atoms with Crippen molar-refractivity contribution in [3.05, 3.63) is 40.8 Å². The van der Waals surface area contributed by atoms with Gasteiger partial charge in [-0.25, -0.2) is 19.2 Å². The number of methoxy groups -OCH3 is 1. The summed E-state index contributed by atoms with van der Waals surface area (Å²) in [7, 11) is 3.16. The van der Waals surface area contributed by atoms with Crippen LogP contribution in [0.3, 0.4) is 0 Å². The van der Waals surface area contributed by atoms with Crippen LogP contribution in [-0.4, -0.2) is 53.0 Å². The minimum absolute atomic E-state index is 0.0521. The van der Waals surface area contributed by atoms with Crippen molar-refractivity contribution in [1.29, 1.82) is 0 Å². The van der Waals surface area contributed by atoms with Crippen LogP contribution in [0.2, 0.25) is 0 Å². The molecule has 0 aliphatic heterocycles. The zero-order chi connectivity index (χ0) is 24.4. The second kappa shape index (κ2) is 9.92. The molecule has 1 N–H and O–H groups in total. The number of ether oxygens (including phenoxy) is 2. The van der Waals surface area contributed by atoms with Crippen LogP contribution < -0.4 is 10.1 Å². The lowest BCUT2D eigenvalue weighted by Gasteiger charge is -2.34. The van der Waals surface area contributed by atoms with Crippen molar-refractivity contribution in [2.24, 2.45) is 0 Å². The van der Waals surface area contributed by atoms with Crippen molar-refractivity contribution in [1.82, 2.24) is 14.9 Å². The molecule has 0 atom stereocenters. The molecule has 3 aromatic rings. The van der Waals surface area contributed by atoms with Gasteiger partial charge in [-0.15, -0.1) is 11.3 Å². The maximum Gasteiger partial charge on any atom is 0.348 e. The fourth-order valence-corrected chi connectivity index (χ4v) is 5.33. The molecule has 0 spiro atoms. The van der Waals surface area contributed by atoms with E-state index in [1.165, 1.54) is 36.9 Å². The SMILES string of the molecule is COC(=O)c1sc2ncnc(Nc3ccc(F)cc3OC3CCC(N(C)C(C)=O)CC3)c2c1C. The van der Waals surface area contributed by atoms with Crippen molar-refractivity contribution < 1.29 is 23.5 Å². The summed E-state index contributed by atoms with van der Waals surface area (Å²) in [5.41, 5.74) is 1.28. The van der Waals surface area contributed by atoms with E-state index >= 15 is 0 Å². The van der Waals surface area contributed by atoms with Gasteiger partial charge in [0.25, 0.3) is 0 Å². The van der Waals surface area contributed by atoms with Crippen LogP contribution in [0.25, 0.3) is 10.2 Å². The van der Waals surface area contributed by atoms with Gasteiger partial charge < -0.3 is 19.7 Å². The number of carbonyl (C=O) groups is 2. The molecule has 0 radical (unpaired) electrons. The van der Waals surface area contributed by atoms with Crippen LogP contribution in [0.1, 0.15) is 47.8 Å². The minimum atomic E-state index is -0.428.